The number of nitrogens with zero attached hydrogens (tertiary/aromatic N) is 1. The molecule has 0 heterocycles. The van der Waals surface area contributed by atoms with Gasteiger partial charge in [0.05, 0.1) is 27.4 Å². The molecule has 0 radical (unpaired) electrons. The summed E-state index contributed by atoms with van der Waals surface area (Å²) in [4.78, 5) is 0. The Balaban J connectivity index is 0. The van der Waals surface area contributed by atoms with Crippen LogP contribution in [0.4, 0.5) is 0 Å². The Morgan fingerprint density at radius 2 is 1.91 bits per heavy atom. The van der Waals surface area contributed by atoms with Gasteiger partial charge in [0.1, 0.15) is 12.6 Å². The summed E-state index contributed by atoms with van der Waals surface area (Å²) in [7, 11) is 6.43. The number of likely N-dealkylation sites (N-methyl/N-ethyl adjacent to an activating group) is 1. The molecule has 0 aromatic heterocycles. The largest absolute Gasteiger partial charge is 1.00 e. The van der Waals surface area contributed by atoms with Gasteiger partial charge in [-0.15, -0.1) is 0 Å². The number of hydrogen-bond acceptors (Lipinski definition) is 1. The van der Waals surface area contributed by atoms with E-state index in [-0.39, 0.29) is 23.1 Å². The number of ether oxygens (including phenoxy) is 1. The Hall–Kier alpha value is -0.0200. The molecule has 0 aliphatic carbocycles. The van der Waals surface area contributed by atoms with Crippen LogP contribution in [0.2, 0.25) is 0 Å². The lowest BCUT2D eigenvalue weighted by Gasteiger charge is -2.26. The van der Waals surface area contributed by atoms with Crippen molar-refractivity contribution < 1.29 is 26.2 Å². The van der Waals surface area contributed by atoms with Gasteiger partial charge in [-0.05, 0) is 6.92 Å². The van der Waals surface area contributed by atoms with Crippen LogP contribution in [-0.4, -0.2) is 38.3 Å². The van der Waals surface area contributed by atoms with Crippen molar-refractivity contribution in [1.82, 2.24) is 0 Å². The van der Waals surface area contributed by atoms with Crippen molar-refractivity contribution in [2.75, 3.05) is 27.7 Å². The van der Waals surface area contributed by atoms with Gasteiger partial charge in [-0.3, -0.25) is 0 Å². The van der Waals surface area contributed by atoms with Crippen molar-refractivity contribution in [1.29, 1.82) is 0 Å². The van der Waals surface area contributed by atoms with Crippen molar-refractivity contribution in [2.24, 2.45) is 0 Å². The highest BCUT2D eigenvalue weighted by molar-refractivity contribution is 4.55. The van der Waals surface area contributed by atoms with E-state index in [2.05, 4.69) is 27.7 Å². The summed E-state index contributed by atoms with van der Waals surface area (Å²) in [6, 6.07) is 0. The summed E-state index contributed by atoms with van der Waals surface area (Å²) in [5.41, 5.74) is 0. The fourth-order valence-corrected chi connectivity index (χ4v) is 0.979. The lowest BCUT2D eigenvalue weighted by atomic mass is 10.3. The van der Waals surface area contributed by atoms with E-state index < -0.39 is 0 Å². The van der Waals surface area contributed by atoms with Crippen LogP contribution in [0.3, 0.4) is 0 Å². The Bertz CT molecular complexity index is 109. The van der Waals surface area contributed by atoms with Crippen LogP contribution in [0, 0.1) is 0 Å². The summed E-state index contributed by atoms with van der Waals surface area (Å²) in [6.07, 6.45) is 1.76. The van der Waals surface area contributed by atoms with Crippen LogP contribution in [-0.2, 0) is 4.74 Å². The third-order valence-corrected chi connectivity index (χ3v) is 1.13. The molecule has 1 atom stereocenters. The van der Waals surface area contributed by atoms with E-state index in [0.717, 1.165) is 11.0 Å². The van der Waals surface area contributed by atoms with Gasteiger partial charge in [-0.1, -0.05) is 6.58 Å². The first-order valence-corrected chi connectivity index (χ1v) is 3.52. The molecule has 0 aliphatic heterocycles. The van der Waals surface area contributed by atoms with E-state index in [1.54, 1.807) is 0 Å². The predicted molar refractivity (Wildman–Crippen MR) is 43.6 cm³/mol. The van der Waals surface area contributed by atoms with Gasteiger partial charge in [-0.25, -0.2) is 0 Å². The van der Waals surface area contributed by atoms with Crippen LogP contribution in [0.1, 0.15) is 6.92 Å². The monoisotopic (exact) mass is 223 g/mol. The molecule has 0 aliphatic rings. The number of quaternary nitrogens is 1. The first-order valence-electron chi connectivity index (χ1n) is 3.52. The molecule has 0 N–H and O–H groups in total. The average molecular weight is 224 g/mol. The standard InChI is InChI=1S/C8H18NO.BrH/c1-6-10-8(2)7-9(3,4)5;/h6,8H,1,7H2,2-5H3;1H/q+1;/p-1. The molecule has 0 aromatic carbocycles. The zero-order valence-corrected chi connectivity index (χ0v) is 9.39. The second-order valence-corrected chi connectivity index (χ2v) is 3.59. The van der Waals surface area contributed by atoms with Gasteiger partial charge in [0.25, 0.3) is 0 Å². The smallest absolute Gasteiger partial charge is 0.144 e. The molecule has 11 heavy (non-hydrogen) atoms. The fraction of sp³-hybridized carbons (Fsp3) is 0.750. The molecule has 1 unspecified atom stereocenters. The van der Waals surface area contributed by atoms with Crippen LogP contribution < -0.4 is 17.0 Å². The third kappa shape index (κ3) is 9.98. The van der Waals surface area contributed by atoms with E-state index in [0.29, 0.717) is 0 Å². The van der Waals surface area contributed by atoms with Crippen molar-refractivity contribution in [3.63, 3.8) is 0 Å². The van der Waals surface area contributed by atoms with Crippen LogP contribution >= 0.6 is 0 Å². The van der Waals surface area contributed by atoms with Gasteiger partial charge in [0.15, 0.2) is 0 Å². The SMILES string of the molecule is C=COC(C)C[N+](C)(C)C.[Br-]. The molecule has 0 saturated heterocycles. The maximum atomic E-state index is 5.17. The second kappa shape index (κ2) is 5.61. The molecular weight excluding hydrogens is 206 g/mol. The Morgan fingerprint density at radius 1 is 1.45 bits per heavy atom. The van der Waals surface area contributed by atoms with E-state index in [1.807, 2.05) is 6.92 Å². The zero-order chi connectivity index (χ0) is 8.20. The molecule has 0 aromatic rings. The maximum absolute atomic E-state index is 5.17. The molecule has 0 bridgehead atoms. The minimum Gasteiger partial charge on any atom is -1.00 e. The Kier molecular flexibility index (Phi) is 6.91. The van der Waals surface area contributed by atoms with E-state index >= 15 is 0 Å². The highest BCUT2D eigenvalue weighted by Gasteiger charge is 2.12. The quantitative estimate of drug-likeness (QED) is 0.406. The number of rotatable bonds is 4. The molecule has 0 spiro atoms. The van der Waals surface area contributed by atoms with Crippen LogP contribution in [0.15, 0.2) is 12.8 Å². The topological polar surface area (TPSA) is 9.23 Å². The van der Waals surface area contributed by atoms with Crippen molar-refractivity contribution in [3.05, 3.63) is 12.8 Å². The van der Waals surface area contributed by atoms with E-state index in [1.165, 1.54) is 6.26 Å². The summed E-state index contributed by atoms with van der Waals surface area (Å²) < 4.78 is 6.09. The van der Waals surface area contributed by atoms with Crippen molar-refractivity contribution in [3.8, 4) is 0 Å². The molecule has 0 fully saturated rings. The van der Waals surface area contributed by atoms with E-state index in [9.17, 15) is 0 Å². The van der Waals surface area contributed by atoms with Crippen molar-refractivity contribution in [2.45, 2.75) is 13.0 Å². The van der Waals surface area contributed by atoms with Gasteiger partial charge >= 0.3 is 0 Å². The zero-order valence-electron chi connectivity index (χ0n) is 7.80. The van der Waals surface area contributed by atoms with Crippen LogP contribution in [0.5, 0.6) is 0 Å². The van der Waals surface area contributed by atoms with Gasteiger partial charge in [0, 0.05) is 0 Å². The Morgan fingerprint density at radius 3 is 2.18 bits per heavy atom. The lowest BCUT2D eigenvalue weighted by molar-refractivity contribution is -0.873. The summed E-state index contributed by atoms with van der Waals surface area (Å²) in [5.74, 6) is 0. The minimum atomic E-state index is 0. The molecule has 68 valence electrons. The van der Waals surface area contributed by atoms with E-state index in [4.69, 9.17) is 4.74 Å². The molecule has 3 heteroatoms. The summed E-state index contributed by atoms with van der Waals surface area (Å²) in [5, 5.41) is 0. The highest BCUT2D eigenvalue weighted by Crippen LogP contribution is 1.98. The maximum Gasteiger partial charge on any atom is 0.144 e. The van der Waals surface area contributed by atoms with Gasteiger partial charge in [-0.2, -0.15) is 0 Å². The molecule has 0 amide bonds. The molecule has 2 nitrogen and oxygen atoms in total. The first-order chi connectivity index (χ1) is 4.45. The Labute approximate surface area is 80.2 Å². The fourth-order valence-electron chi connectivity index (χ4n) is 0.979. The normalized spacial score (nSPS) is 13.1. The average Bonchev–Trinajstić information content (AvgIpc) is 1.59. The van der Waals surface area contributed by atoms with Crippen molar-refractivity contribution >= 4 is 0 Å². The molecular formula is C8H18BrNO. The molecule has 0 rings (SSSR count). The predicted octanol–water partition coefficient (Wildman–Crippen LogP) is -1.75. The summed E-state index contributed by atoms with van der Waals surface area (Å²) in [6.45, 7) is 6.55. The van der Waals surface area contributed by atoms with Gasteiger partial charge < -0.3 is 26.2 Å². The lowest BCUT2D eigenvalue weighted by Crippen LogP contribution is -3.00. The second-order valence-electron chi connectivity index (χ2n) is 3.59. The van der Waals surface area contributed by atoms with Gasteiger partial charge in [0.2, 0.25) is 0 Å². The number of hydrogen-bond donors (Lipinski definition) is 0. The number of halogens is 1. The minimum absolute atomic E-state index is 0. The highest BCUT2D eigenvalue weighted by atomic mass is 79.9. The molecule has 0 saturated carbocycles. The summed E-state index contributed by atoms with van der Waals surface area (Å²) >= 11 is 0. The van der Waals surface area contributed by atoms with Crippen LogP contribution in [0.25, 0.3) is 0 Å². The third-order valence-electron chi connectivity index (χ3n) is 1.13. The first kappa shape index (κ1) is 13.6.